The van der Waals surface area contributed by atoms with Gasteiger partial charge in [0.05, 0.1) is 6.07 Å². The van der Waals surface area contributed by atoms with Gasteiger partial charge in [-0.25, -0.2) is 0 Å². The monoisotopic (exact) mass is 190 g/mol. The predicted octanol–water partition coefficient (Wildman–Crippen LogP) is 2.40. The highest BCUT2D eigenvalue weighted by Gasteiger charge is 2.07. The van der Waals surface area contributed by atoms with Gasteiger partial charge in [0.25, 0.3) is 0 Å². The predicted molar refractivity (Wildman–Crippen MR) is 58.7 cm³/mol. The van der Waals surface area contributed by atoms with E-state index in [-0.39, 0.29) is 0 Å². The number of nitrogens with one attached hydrogen (secondary N) is 1. The maximum absolute atomic E-state index is 8.64. The van der Waals surface area contributed by atoms with Gasteiger partial charge < -0.3 is 5.32 Å². The highest BCUT2D eigenvalue weighted by atomic mass is 14.9. The van der Waals surface area contributed by atoms with Crippen LogP contribution in [0, 0.1) is 17.2 Å². The molecule has 1 aliphatic rings. The Morgan fingerprint density at radius 1 is 1.64 bits per heavy atom. The van der Waals surface area contributed by atoms with Crippen LogP contribution in [-0.4, -0.2) is 12.6 Å². The van der Waals surface area contributed by atoms with E-state index >= 15 is 0 Å². The van der Waals surface area contributed by atoms with E-state index < -0.39 is 0 Å². The maximum Gasteiger partial charge on any atom is 0.0988 e. The first-order chi connectivity index (χ1) is 6.72. The molecule has 0 aliphatic heterocycles. The number of nitrogens with zero attached hydrogens (tertiary/aromatic N) is 1. The topological polar surface area (TPSA) is 35.8 Å². The van der Waals surface area contributed by atoms with E-state index in [1.54, 1.807) is 0 Å². The summed E-state index contributed by atoms with van der Waals surface area (Å²) in [5, 5.41) is 12.1. The van der Waals surface area contributed by atoms with Crippen LogP contribution in [0.15, 0.2) is 23.8 Å². The molecule has 0 spiro atoms. The van der Waals surface area contributed by atoms with Gasteiger partial charge in [-0.2, -0.15) is 5.26 Å². The lowest BCUT2D eigenvalue weighted by Gasteiger charge is -2.16. The number of allylic oxidation sites excluding steroid dienone is 2. The molecule has 1 N–H and O–H groups in total. The summed E-state index contributed by atoms with van der Waals surface area (Å²) in [6.45, 7) is 5.51. The molecule has 14 heavy (non-hydrogen) atoms. The molecule has 2 heteroatoms. The third kappa shape index (κ3) is 3.76. The molecule has 0 fully saturated rings. The molecule has 0 aromatic carbocycles. The molecule has 0 saturated heterocycles. The van der Waals surface area contributed by atoms with Crippen LogP contribution in [0.4, 0.5) is 0 Å². The zero-order valence-corrected chi connectivity index (χ0v) is 8.96. The van der Waals surface area contributed by atoms with E-state index in [9.17, 15) is 0 Å². The quantitative estimate of drug-likeness (QED) is 0.739. The van der Waals surface area contributed by atoms with Crippen molar-refractivity contribution in [1.82, 2.24) is 5.32 Å². The van der Waals surface area contributed by atoms with Gasteiger partial charge in [-0.3, -0.25) is 0 Å². The molecule has 2 nitrogen and oxygen atoms in total. The van der Waals surface area contributed by atoms with Crippen molar-refractivity contribution >= 4 is 0 Å². The SMILES string of the molecule is CC(C)CCNC1C=CC(C#N)=CC1. The zero-order chi connectivity index (χ0) is 10.4. The second kappa shape index (κ2) is 5.62. The van der Waals surface area contributed by atoms with Crippen LogP contribution in [-0.2, 0) is 0 Å². The molecule has 0 aromatic heterocycles. The Morgan fingerprint density at radius 2 is 2.43 bits per heavy atom. The van der Waals surface area contributed by atoms with Gasteiger partial charge in [-0.15, -0.1) is 0 Å². The standard InChI is InChI=1S/C12H18N2/c1-10(2)7-8-14-12-5-3-11(9-13)4-6-12/h3-5,10,12,14H,6-8H2,1-2H3. The maximum atomic E-state index is 8.64. The Hall–Kier alpha value is -1.07. The van der Waals surface area contributed by atoms with Gasteiger partial charge in [-0.1, -0.05) is 26.0 Å². The summed E-state index contributed by atoms with van der Waals surface area (Å²) in [5.41, 5.74) is 0.784. The van der Waals surface area contributed by atoms with Crippen LogP contribution < -0.4 is 5.32 Å². The Morgan fingerprint density at radius 3 is 2.93 bits per heavy atom. The normalized spacial score (nSPS) is 20.7. The molecule has 76 valence electrons. The lowest BCUT2D eigenvalue weighted by Crippen LogP contribution is -2.29. The van der Waals surface area contributed by atoms with Crippen molar-refractivity contribution in [2.75, 3.05) is 6.54 Å². The molecule has 1 atom stereocenters. The minimum Gasteiger partial charge on any atom is -0.310 e. The third-order valence-corrected chi connectivity index (χ3v) is 2.36. The van der Waals surface area contributed by atoms with E-state index in [0.29, 0.717) is 6.04 Å². The van der Waals surface area contributed by atoms with Gasteiger partial charge in [-0.05, 0) is 31.4 Å². The highest BCUT2D eigenvalue weighted by Crippen LogP contribution is 2.09. The largest absolute Gasteiger partial charge is 0.310 e. The van der Waals surface area contributed by atoms with Gasteiger partial charge in [0.2, 0.25) is 0 Å². The van der Waals surface area contributed by atoms with Crippen LogP contribution in [0.25, 0.3) is 0 Å². The van der Waals surface area contributed by atoms with Crippen molar-refractivity contribution in [2.45, 2.75) is 32.7 Å². The molecule has 0 saturated carbocycles. The first kappa shape index (κ1) is 11.0. The van der Waals surface area contributed by atoms with Gasteiger partial charge in [0.1, 0.15) is 0 Å². The number of nitriles is 1. The number of rotatable bonds is 4. The third-order valence-electron chi connectivity index (χ3n) is 2.36. The van der Waals surface area contributed by atoms with Crippen molar-refractivity contribution in [2.24, 2.45) is 5.92 Å². The van der Waals surface area contributed by atoms with Crippen molar-refractivity contribution in [3.05, 3.63) is 23.8 Å². The molecule has 1 unspecified atom stereocenters. The Bertz CT molecular complexity index is 269. The van der Waals surface area contributed by atoms with Crippen molar-refractivity contribution < 1.29 is 0 Å². The summed E-state index contributed by atoms with van der Waals surface area (Å²) in [7, 11) is 0. The molecule has 0 radical (unpaired) electrons. The van der Waals surface area contributed by atoms with E-state index in [4.69, 9.17) is 5.26 Å². The highest BCUT2D eigenvalue weighted by molar-refractivity contribution is 5.36. The summed E-state index contributed by atoms with van der Waals surface area (Å²) >= 11 is 0. The van der Waals surface area contributed by atoms with Crippen LogP contribution >= 0.6 is 0 Å². The van der Waals surface area contributed by atoms with Crippen LogP contribution in [0.3, 0.4) is 0 Å². The minimum absolute atomic E-state index is 0.422. The molecule has 1 rings (SSSR count). The molecule has 0 aromatic rings. The number of hydrogen-bond acceptors (Lipinski definition) is 2. The summed E-state index contributed by atoms with van der Waals surface area (Å²) < 4.78 is 0. The van der Waals surface area contributed by atoms with Crippen molar-refractivity contribution in [3.8, 4) is 6.07 Å². The number of hydrogen-bond donors (Lipinski definition) is 1. The van der Waals surface area contributed by atoms with Crippen molar-refractivity contribution in [3.63, 3.8) is 0 Å². The molecular weight excluding hydrogens is 172 g/mol. The summed E-state index contributed by atoms with van der Waals surface area (Å²) in [6, 6.07) is 2.57. The van der Waals surface area contributed by atoms with Gasteiger partial charge in [0.15, 0.2) is 0 Å². The summed E-state index contributed by atoms with van der Waals surface area (Å²) in [4.78, 5) is 0. The molecular formula is C12H18N2. The van der Waals surface area contributed by atoms with Gasteiger partial charge in [0, 0.05) is 11.6 Å². The molecule has 1 aliphatic carbocycles. The molecule has 0 heterocycles. The van der Waals surface area contributed by atoms with E-state index in [1.165, 1.54) is 6.42 Å². The fraction of sp³-hybridized carbons (Fsp3) is 0.583. The fourth-order valence-corrected chi connectivity index (χ4v) is 1.41. The second-order valence-corrected chi connectivity index (χ2v) is 4.11. The Balaban J connectivity index is 2.22. The van der Waals surface area contributed by atoms with Crippen LogP contribution in [0.2, 0.25) is 0 Å². The lowest BCUT2D eigenvalue weighted by molar-refractivity contribution is 0.507. The average molecular weight is 190 g/mol. The first-order valence-corrected chi connectivity index (χ1v) is 5.24. The van der Waals surface area contributed by atoms with Crippen LogP contribution in [0.5, 0.6) is 0 Å². The lowest BCUT2D eigenvalue weighted by atomic mass is 10.0. The van der Waals surface area contributed by atoms with E-state index in [2.05, 4.69) is 31.3 Å². The smallest absolute Gasteiger partial charge is 0.0988 e. The first-order valence-electron chi connectivity index (χ1n) is 5.24. The van der Waals surface area contributed by atoms with E-state index in [0.717, 1.165) is 24.5 Å². The Kier molecular flexibility index (Phi) is 4.42. The summed E-state index contributed by atoms with van der Waals surface area (Å²) in [6.07, 6.45) is 8.12. The summed E-state index contributed by atoms with van der Waals surface area (Å²) in [5.74, 6) is 0.750. The minimum atomic E-state index is 0.422. The zero-order valence-electron chi connectivity index (χ0n) is 8.96. The van der Waals surface area contributed by atoms with Crippen LogP contribution in [0.1, 0.15) is 26.7 Å². The van der Waals surface area contributed by atoms with E-state index in [1.807, 2.05) is 12.2 Å². The second-order valence-electron chi connectivity index (χ2n) is 4.11. The average Bonchev–Trinajstić information content (AvgIpc) is 2.18. The Labute approximate surface area is 86.3 Å². The molecule has 0 bridgehead atoms. The van der Waals surface area contributed by atoms with Gasteiger partial charge >= 0.3 is 0 Å². The van der Waals surface area contributed by atoms with Crippen molar-refractivity contribution in [1.29, 1.82) is 5.26 Å². The molecule has 0 amide bonds. The fourth-order valence-electron chi connectivity index (χ4n) is 1.41.